The summed E-state index contributed by atoms with van der Waals surface area (Å²) in [5.41, 5.74) is 1.37. The normalized spacial score (nSPS) is 13.9. The highest BCUT2D eigenvalue weighted by Crippen LogP contribution is 2.36. The van der Waals surface area contributed by atoms with Crippen molar-refractivity contribution >= 4 is 64.3 Å². The van der Waals surface area contributed by atoms with E-state index in [9.17, 15) is 19.2 Å². The minimum Gasteiger partial charge on any atom is -0.494 e. The number of halogens is 2. The van der Waals surface area contributed by atoms with Crippen LogP contribution in [0.25, 0.3) is 6.08 Å². The van der Waals surface area contributed by atoms with E-state index in [0.717, 1.165) is 0 Å². The summed E-state index contributed by atoms with van der Waals surface area (Å²) >= 11 is 11.8. The van der Waals surface area contributed by atoms with Crippen molar-refractivity contribution in [3.05, 3.63) is 93.0 Å². The van der Waals surface area contributed by atoms with Crippen molar-refractivity contribution in [3.8, 4) is 5.75 Å². The van der Waals surface area contributed by atoms with Gasteiger partial charge in [0.15, 0.2) is 0 Å². The first kappa shape index (κ1) is 29.4. The predicted molar refractivity (Wildman–Crippen MR) is 153 cm³/mol. The number of methoxy groups -OCH3 is 1. The lowest BCUT2D eigenvalue weighted by Crippen LogP contribution is -2.34. The van der Waals surface area contributed by atoms with Crippen molar-refractivity contribution in [2.75, 3.05) is 23.9 Å². The van der Waals surface area contributed by atoms with Crippen LogP contribution in [0, 0.1) is 0 Å². The molecule has 0 bridgehead atoms. The summed E-state index contributed by atoms with van der Waals surface area (Å²) in [6.07, 6.45) is 1.42. The number of furan rings is 1. The topological polar surface area (TPSA) is 127 Å². The van der Waals surface area contributed by atoms with Gasteiger partial charge >= 0.3 is 17.8 Å². The van der Waals surface area contributed by atoms with Crippen LogP contribution in [0.5, 0.6) is 5.75 Å². The lowest BCUT2D eigenvalue weighted by molar-refractivity contribution is -0.136. The fourth-order valence-electron chi connectivity index (χ4n) is 4.12. The molecule has 0 saturated carbocycles. The average molecular weight is 598 g/mol. The summed E-state index contributed by atoms with van der Waals surface area (Å²) < 4.78 is 16.1. The maximum Gasteiger partial charge on any atom is 0.340 e. The third kappa shape index (κ3) is 6.79. The molecule has 3 aromatic rings. The van der Waals surface area contributed by atoms with Gasteiger partial charge in [0.05, 0.1) is 31.4 Å². The summed E-state index contributed by atoms with van der Waals surface area (Å²) in [6, 6.07) is 14.4. The van der Waals surface area contributed by atoms with E-state index in [2.05, 4.69) is 10.6 Å². The zero-order chi connectivity index (χ0) is 29.7. The second kappa shape index (κ2) is 12.8. The van der Waals surface area contributed by atoms with Gasteiger partial charge in [-0.2, -0.15) is 0 Å². The number of carbonyl (C=O) groups excluding carboxylic acids is 4. The number of nitrogens with zero attached hydrogens (tertiary/aromatic N) is 1. The van der Waals surface area contributed by atoms with Crippen LogP contribution >= 0.6 is 23.2 Å². The number of benzene rings is 2. The average Bonchev–Trinajstić information content (AvgIpc) is 3.48. The largest absolute Gasteiger partial charge is 0.494 e. The van der Waals surface area contributed by atoms with Crippen molar-refractivity contribution in [3.63, 3.8) is 0 Å². The number of hydrogen-bond donors (Lipinski definition) is 2. The van der Waals surface area contributed by atoms with Crippen molar-refractivity contribution in [2.45, 2.75) is 20.4 Å². The van der Waals surface area contributed by atoms with Crippen LogP contribution in [-0.4, -0.2) is 37.4 Å². The molecule has 0 saturated heterocycles. The fraction of sp³-hybridized carbons (Fsp3) is 0.172. The van der Waals surface area contributed by atoms with Crippen LogP contribution in [0.2, 0.25) is 10.0 Å². The molecule has 4 rings (SSSR count). The molecule has 1 aliphatic rings. The van der Waals surface area contributed by atoms with Crippen LogP contribution in [0.3, 0.4) is 0 Å². The first-order chi connectivity index (χ1) is 19.6. The number of ether oxygens (including phenoxy) is 2. The number of esters is 1. The van der Waals surface area contributed by atoms with E-state index in [4.69, 9.17) is 37.1 Å². The van der Waals surface area contributed by atoms with Crippen molar-refractivity contribution < 1.29 is 33.1 Å². The van der Waals surface area contributed by atoms with Gasteiger partial charge in [-0.15, -0.1) is 0 Å². The Labute approximate surface area is 245 Å². The van der Waals surface area contributed by atoms with Gasteiger partial charge in [-0.3, -0.25) is 19.3 Å². The molecule has 0 unspecified atom stereocenters. The van der Waals surface area contributed by atoms with E-state index >= 15 is 0 Å². The molecule has 10 nitrogen and oxygen atoms in total. The minimum absolute atomic E-state index is 0.0766. The number of allylic oxidation sites excluding steroid dienone is 1. The number of amides is 3. The second-order valence-electron chi connectivity index (χ2n) is 8.68. The maximum atomic E-state index is 13.5. The van der Waals surface area contributed by atoms with E-state index in [1.807, 2.05) is 6.92 Å². The van der Waals surface area contributed by atoms with Crippen LogP contribution in [0.4, 0.5) is 11.4 Å². The molecule has 0 spiro atoms. The molecule has 2 aromatic carbocycles. The Morgan fingerprint density at radius 2 is 1.68 bits per heavy atom. The van der Waals surface area contributed by atoms with Crippen LogP contribution in [0.15, 0.2) is 75.9 Å². The van der Waals surface area contributed by atoms with Gasteiger partial charge in [0.1, 0.15) is 17.3 Å². The van der Waals surface area contributed by atoms with E-state index in [1.54, 1.807) is 43.3 Å². The first-order valence-electron chi connectivity index (χ1n) is 12.3. The molecule has 1 aliphatic heterocycles. The molecule has 0 fully saturated rings. The SMILES string of the molecule is CCOc1ccc(N2C(=O)/C(=C/c3ccc(CNC(=O)C(=O)Nc4cc(Cl)cc(Cl)c4)o3)C(C(=O)OC)=C2C)cc1. The molecule has 41 heavy (non-hydrogen) atoms. The summed E-state index contributed by atoms with van der Waals surface area (Å²) in [5.74, 6) is -1.77. The van der Waals surface area contributed by atoms with Gasteiger partial charge in [-0.05, 0) is 74.5 Å². The van der Waals surface area contributed by atoms with E-state index in [0.29, 0.717) is 39.5 Å². The van der Waals surface area contributed by atoms with Crippen molar-refractivity contribution in [1.82, 2.24) is 5.32 Å². The van der Waals surface area contributed by atoms with Crippen LogP contribution in [0.1, 0.15) is 25.4 Å². The number of rotatable bonds is 8. The third-order valence-corrected chi connectivity index (χ3v) is 6.35. The van der Waals surface area contributed by atoms with Gasteiger partial charge in [0.25, 0.3) is 5.91 Å². The summed E-state index contributed by atoms with van der Waals surface area (Å²) in [7, 11) is 1.23. The van der Waals surface area contributed by atoms with Crippen molar-refractivity contribution in [1.29, 1.82) is 0 Å². The zero-order valence-corrected chi connectivity index (χ0v) is 23.8. The molecule has 2 N–H and O–H groups in total. The van der Waals surface area contributed by atoms with Crippen LogP contribution in [-0.2, 0) is 30.5 Å². The number of hydrogen-bond acceptors (Lipinski definition) is 7. The molecule has 3 amide bonds. The number of carbonyl (C=O) groups is 4. The maximum absolute atomic E-state index is 13.5. The highest BCUT2D eigenvalue weighted by Gasteiger charge is 2.38. The van der Waals surface area contributed by atoms with E-state index in [1.165, 1.54) is 36.3 Å². The molecule has 0 radical (unpaired) electrons. The number of nitrogens with one attached hydrogen (secondary N) is 2. The summed E-state index contributed by atoms with van der Waals surface area (Å²) in [6.45, 7) is 3.90. The molecule has 12 heteroatoms. The fourth-order valence-corrected chi connectivity index (χ4v) is 4.65. The Kier molecular flexibility index (Phi) is 9.16. The standard InChI is InChI=1S/C29H25Cl2N3O7/c1-4-40-21-7-5-20(6-8-21)34-16(2)25(29(38)39-3)24(28(34)37)14-22-9-10-23(41-22)15-32-26(35)27(36)33-19-12-17(30)11-18(31)13-19/h5-14H,4,15H2,1-3H3,(H,32,35)(H,33,36)/b24-14+. The van der Waals surface area contributed by atoms with Gasteiger partial charge in [0.2, 0.25) is 0 Å². The van der Waals surface area contributed by atoms with Gasteiger partial charge in [0, 0.05) is 27.1 Å². The predicted octanol–water partition coefficient (Wildman–Crippen LogP) is 5.12. The Balaban J connectivity index is 1.48. The smallest absolute Gasteiger partial charge is 0.340 e. The van der Waals surface area contributed by atoms with Gasteiger partial charge < -0.3 is 24.5 Å². The van der Waals surface area contributed by atoms with E-state index < -0.39 is 23.7 Å². The Morgan fingerprint density at radius 1 is 1.00 bits per heavy atom. The van der Waals surface area contributed by atoms with Crippen LogP contribution < -0.4 is 20.3 Å². The van der Waals surface area contributed by atoms with Crippen molar-refractivity contribution in [2.24, 2.45) is 0 Å². The highest BCUT2D eigenvalue weighted by molar-refractivity contribution is 6.40. The Morgan fingerprint density at radius 3 is 2.32 bits per heavy atom. The van der Waals surface area contributed by atoms with E-state index in [-0.39, 0.29) is 29.1 Å². The highest BCUT2D eigenvalue weighted by atomic mass is 35.5. The van der Waals surface area contributed by atoms with Gasteiger partial charge in [-0.1, -0.05) is 23.2 Å². The Bertz CT molecular complexity index is 1550. The first-order valence-corrected chi connectivity index (χ1v) is 13.1. The monoisotopic (exact) mass is 597 g/mol. The minimum atomic E-state index is -0.925. The van der Waals surface area contributed by atoms with Gasteiger partial charge in [-0.25, -0.2) is 4.79 Å². The molecular formula is C29H25Cl2N3O7. The zero-order valence-electron chi connectivity index (χ0n) is 22.2. The third-order valence-electron chi connectivity index (χ3n) is 5.91. The second-order valence-corrected chi connectivity index (χ2v) is 9.55. The summed E-state index contributed by atoms with van der Waals surface area (Å²) in [5, 5.41) is 5.46. The molecule has 212 valence electrons. The lowest BCUT2D eigenvalue weighted by atomic mass is 10.1. The number of anilines is 2. The molecular weight excluding hydrogens is 573 g/mol. The Hall–Kier alpha value is -4.54. The molecule has 1 aromatic heterocycles. The summed E-state index contributed by atoms with van der Waals surface area (Å²) in [4.78, 5) is 52.0. The molecule has 2 heterocycles. The molecule has 0 aliphatic carbocycles. The molecule has 0 atom stereocenters. The lowest BCUT2D eigenvalue weighted by Gasteiger charge is -2.18. The quantitative estimate of drug-likeness (QED) is 0.209.